The topological polar surface area (TPSA) is 55.8 Å². The number of halogens is 3. The fraction of sp³-hybridized carbons (Fsp3) is 0.833. The van der Waals surface area contributed by atoms with Gasteiger partial charge >= 0.3 is 12.1 Å². The first-order valence-electron chi connectivity index (χ1n) is 6.37. The zero-order chi connectivity index (χ0) is 15.2. The number of hydrogen-bond acceptors (Lipinski definition) is 4. The first-order valence-corrected chi connectivity index (χ1v) is 6.37. The number of esters is 1. The molecule has 1 saturated heterocycles. The molecule has 1 heterocycles. The van der Waals surface area contributed by atoms with E-state index in [9.17, 15) is 22.8 Å². The number of carbonyl (C=O) groups is 2. The molecule has 0 unspecified atom stereocenters. The van der Waals surface area contributed by atoms with E-state index in [1.165, 1.54) is 12.0 Å². The number of alkyl halides is 3. The summed E-state index contributed by atoms with van der Waals surface area (Å²) in [4.78, 5) is 24.8. The second-order valence-electron chi connectivity index (χ2n) is 4.54. The fourth-order valence-corrected chi connectivity index (χ4v) is 2.10. The maximum Gasteiger partial charge on any atom is 0.411 e. The molecule has 0 N–H and O–H groups in total. The van der Waals surface area contributed by atoms with Crippen LogP contribution in [-0.4, -0.2) is 55.9 Å². The van der Waals surface area contributed by atoms with Gasteiger partial charge in [0.15, 0.2) is 0 Å². The number of likely N-dealkylation sites (tertiary alicyclic amines) is 1. The quantitative estimate of drug-likeness (QED) is 0.570. The van der Waals surface area contributed by atoms with Gasteiger partial charge in [-0.3, -0.25) is 4.79 Å². The molecule has 0 spiro atoms. The molecule has 1 rings (SSSR count). The van der Waals surface area contributed by atoms with E-state index in [2.05, 4.69) is 9.47 Å². The molecule has 0 radical (unpaired) electrons. The van der Waals surface area contributed by atoms with Crippen LogP contribution in [0.3, 0.4) is 0 Å². The van der Waals surface area contributed by atoms with E-state index < -0.39 is 24.8 Å². The van der Waals surface area contributed by atoms with Gasteiger partial charge in [0.2, 0.25) is 5.91 Å². The number of rotatable bonds is 5. The lowest BCUT2D eigenvalue weighted by atomic mass is 10.0. The van der Waals surface area contributed by atoms with Crippen LogP contribution in [-0.2, 0) is 19.1 Å². The van der Waals surface area contributed by atoms with E-state index in [0.717, 1.165) is 12.8 Å². The summed E-state index contributed by atoms with van der Waals surface area (Å²) in [6.07, 6.45) is -2.48. The zero-order valence-corrected chi connectivity index (χ0v) is 11.2. The van der Waals surface area contributed by atoms with Gasteiger partial charge in [0.25, 0.3) is 0 Å². The van der Waals surface area contributed by atoms with Gasteiger partial charge in [0, 0.05) is 6.54 Å². The summed E-state index contributed by atoms with van der Waals surface area (Å²) in [6.45, 7) is -1.28. The molecule has 1 atom stereocenters. The lowest BCUT2D eigenvalue weighted by Crippen LogP contribution is -2.48. The minimum absolute atomic E-state index is 0.177. The molecular weight excluding hydrogens is 279 g/mol. The largest absolute Gasteiger partial charge is 0.467 e. The Morgan fingerprint density at radius 3 is 2.60 bits per heavy atom. The van der Waals surface area contributed by atoms with Gasteiger partial charge in [-0.2, -0.15) is 13.2 Å². The summed E-state index contributed by atoms with van der Waals surface area (Å²) >= 11 is 0. The smallest absolute Gasteiger partial charge is 0.411 e. The Kier molecular flexibility index (Phi) is 6.25. The number of hydrogen-bond donors (Lipinski definition) is 0. The van der Waals surface area contributed by atoms with Crippen molar-refractivity contribution in [3.8, 4) is 0 Å². The van der Waals surface area contributed by atoms with Crippen molar-refractivity contribution in [1.82, 2.24) is 4.90 Å². The predicted octanol–water partition coefficient (Wildman–Crippen LogP) is 1.51. The van der Waals surface area contributed by atoms with E-state index in [0.29, 0.717) is 13.0 Å². The normalized spacial score (nSPS) is 19.8. The summed E-state index contributed by atoms with van der Waals surface area (Å²) in [6, 6.07) is -0.635. The van der Waals surface area contributed by atoms with Gasteiger partial charge < -0.3 is 14.4 Å². The van der Waals surface area contributed by atoms with Crippen molar-refractivity contribution in [3.05, 3.63) is 0 Å². The molecule has 0 aliphatic carbocycles. The molecule has 0 aromatic heterocycles. The van der Waals surface area contributed by atoms with Gasteiger partial charge in [0.1, 0.15) is 12.6 Å². The van der Waals surface area contributed by atoms with Crippen molar-refractivity contribution in [3.63, 3.8) is 0 Å². The summed E-state index contributed by atoms with van der Waals surface area (Å²) in [7, 11) is 1.24. The maximum absolute atomic E-state index is 11.9. The Bertz CT molecular complexity index is 346. The third kappa shape index (κ3) is 5.36. The number of amides is 1. The van der Waals surface area contributed by atoms with Gasteiger partial charge in [0.05, 0.1) is 20.1 Å². The van der Waals surface area contributed by atoms with Gasteiger partial charge in [-0.1, -0.05) is 0 Å². The summed E-state index contributed by atoms with van der Waals surface area (Å²) in [5.74, 6) is -0.878. The minimum Gasteiger partial charge on any atom is -0.467 e. The van der Waals surface area contributed by atoms with E-state index in [1.54, 1.807) is 0 Å². The Hall–Kier alpha value is -1.31. The molecule has 1 amide bonds. The zero-order valence-electron chi connectivity index (χ0n) is 11.2. The number of ether oxygens (including phenoxy) is 2. The van der Waals surface area contributed by atoms with Crippen molar-refractivity contribution in [2.45, 2.75) is 37.9 Å². The minimum atomic E-state index is -4.40. The average Bonchev–Trinajstić information content (AvgIpc) is 2.41. The van der Waals surface area contributed by atoms with E-state index in [-0.39, 0.29) is 18.9 Å². The van der Waals surface area contributed by atoms with Crippen LogP contribution in [0.15, 0.2) is 0 Å². The van der Waals surface area contributed by atoms with Crippen LogP contribution in [0.2, 0.25) is 0 Å². The van der Waals surface area contributed by atoms with Crippen LogP contribution < -0.4 is 0 Å². The molecule has 0 aromatic carbocycles. The molecule has 116 valence electrons. The molecule has 8 heteroatoms. The first-order chi connectivity index (χ1) is 9.35. The molecule has 5 nitrogen and oxygen atoms in total. The second-order valence-corrected chi connectivity index (χ2v) is 4.54. The summed E-state index contributed by atoms with van der Waals surface area (Å²) < 4.78 is 44.6. The third-order valence-corrected chi connectivity index (χ3v) is 3.02. The molecule has 20 heavy (non-hydrogen) atoms. The molecule has 0 aromatic rings. The molecule has 1 aliphatic rings. The van der Waals surface area contributed by atoms with Gasteiger partial charge in [-0.25, -0.2) is 4.79 Å². The lowest BCUT2D eigenvalue weighted by Gasteiger charge is -2.33. The highest BCUT2D eigenvalue weighted by molar-refractivity contribution is 5.84. The van der Waals surface area contributed by atoms with Crippen molar-refractivity contribution >= 4 is 11.9 Å². The summed E-state index contributed by atoms with van der Waals surface area (Å²) in [5, 5.41) is 0. The standard InChI is InChI=1S/C12H18F3NO4/c1-19-11(18)9-4-2-3-6-16(9)10(17)5-7-20-8-12(13,14)15/h9H,2-8H2,1H3/t9-/m1/s1. The Labute approximate surface area is 115 Å². The first kappa shape index (κ1) is 16.7. The van der Waals surface area contributed by atoms with E-state index in [1.807, 2.05) is 0 Å². The average molecular weight is 297 g/mol. The van der Waals surface area contributed by atoms with Crippen LogP contribution in [0.1, 0.15) is 25.7 Å². The number of methoxy groups -OCH3 is 1. The maximum atomic E-state index is 11.9. The van der Waals surface area contributed by atoms with Crippen molar-refractivity contribution in [2.24, 2.45) is 0 Å². The SMILES string of the molecule is COC(=O)[C@H]1CCCCN1C(=O)CCOCC(F)(F)F. The van der Waals surface area contributed by atoms with Gasteiger partial charge in [-0.05, 0) is 19.3 Å². The highest BCUT2D eigenvalue weighted by Crippen LogP contribution is 2.19. The molecule has 0 bridgehead atoms. The lowest BCUT2D eigenvalue weighted by molar-refractivity contribution is -0.175. The fourth-order valence-electron chi connectivity index (χ4n) is 2.10. The molecule has 1 aliphatic heterocycles. The number of nitrogens with zero attached hydrogens (tertiary/aromatic N) is 1. The number of carbonyl (C=O) groups excluding carboxylic acids is 2. The van der Waals surface area contributed by atoms with E-state index in [4.69, 9.17) is 0 Å². The van der Waals surface area contributed by atoms with Crippen LogP contribution in [0.5, 0.6) is 0 Å². The van der Waals surface area contributed by atoms with Crippen molar-refractivity contribution < 1.29 is 32.2 Å². The summed E-state index contributed by atoms with van der Waals surface area (Å²) in [5.41, 5.74) is 0. The Morgan fingerprint density at radius 1 is 1.30 bits per heavy atom. The second kappa shape index (κ2) is 7.47. The molecular formula is C12H18F3NO4. The van der Waals surface area contributed by atoms with Crippen LogP contribution in [0.25, 0.3) is 0 Å². The molecule has 1 fully saturated rings. The highest BCUT2D eigenvalue weighted by atomic mass is 19.4. The van der Waals surface area contributed by atoms with Crippen LogP contribution >= 0.6 is 0 Å². The third-order valence-electron chi connectivity index (χ3n) is 3.02. The Morgan fingerprint density at radius 2 is 2.00 bits per heavy atom. The van der Waals surface area contributed by atoms with Crippen molar-refractivity contribution in [1.29, 1.82) is 0 Å². The predicted molar refractivity (Wildman–Crippen MR) is 62.9 cm³/mol. The van der Waals surface area contributed by atoms with Crippen LogP contribution in [0, 0.1) is 0 Å². The molecule has 0 saturated carbocycles. The highest BCUT2D eigenvalue weighted by Gasteiger charge is 2.33. The van der Waals surface area contributed by atoms with Crippen LogP contribution in [0.4, 0.5) is 13.2 Å². The Balaban J connectivity index is 2.42. The number of piperidine rings is 1. The van der Waals surface area contributed by atoms with Gasteiger partial charge in [-0.15, -0.1) is 0 Å². The van der Waals surface area contributed by atoms with E-state index >= 15 is 0 Å². The monoisotopic (exact) mass is 297 g/mol. The van der Waals surface area contributed by atoms with Crippen molar-refractivity contribution in [2.75, 3.05) is 26.9 Å².